The standard InChI is InChI=1S/C15H19NO2S/c1-3-17-15-9-12(10-16-2)6-7-14(15)18-11-13-5-4-8-19-13/h4-9,16H,3,10-11H2,1-2H3. The number of hydrogen-bond donors (Lipinski definition) is 1. The number of nitrogens with one attached hydrogen (secondary N) is 1. The summed E-state index contributed by atoms with van der Waals surface area (Å²) in [5.41, 5.74) is 1.19. The SMILES string of the molecule is CCOc1cc(CNC)ccc1OCc1cccs1. The molecule has 0 amide bonds. The quantitative estimate of drug-likeness (QED) is 0.841. The van der Waals surface area contributed by atoms with E-state index >= 15 is 0 Å². The predicted octanol–water partition coefficient (Wildman–Crippen LogP) is 3.45. The molecule has 1 heterocycles. The molecule has 4 heteroatoms. The van der Waals surface area contributed by atoms with Crippen LogP contribution in [0.2, 0.25) is 0 Å². The van der Waals surface area contributed by atoms with Gasteiger partial charge in [0.05, 0.1) is 6.61 Å². The largest absolute Gasteiger partial charge is 0.490 e. The Labute approximate surface area is 118 Å². The van der Waals surface area contributed by atoms with E-state index in [9.17, 15) is 0 Å². The van der Waals surface area contributed by atoms with Crippen LogP contribution in [0.15, 0.2) is 35.7 Å². The fourth-order valence-electron chi connectivity index (χ4n) is 1.80. The van der Waals surface area contributed by atoms with E-state index in [1.165, 1.54) is 10.4 Å². The number of rotatable bonds is 7. The van der Waals surface area contributed by atoms with Crippen molar-refractivity contribution in [2.45, 2.75) is 20.1 Å². The molecule has 0 aliphatic carbocycles. The lowest BCUT2D eigenvalue weighted by Crippen LogP contribution is -2.06. The van der Waals surface area contributed by atoms with E-state index in [1.807, 2.05) is 32.2 Å². The Balaban J connectivity index is 2.09. The van der Waals surface area contributed by atoms with Crippen molar-refractivity contribution >= 4 is 11.3 Å². The summed E-state index contributed by atoms with van der Waals surface area (Å²) in [6.45, 7) is 4.03. The molecular weight excluding hydrogens is 258 g/mol. The molecule has 0 fully saturated rings. The molecule has 2 aromatic rings. The van der Waals surface area contributed by atoms with Crippen molar-refractivity contribution in [1.82, 2.24) is 5.32 Å². The molecule has 0 aliphatic heterocycles. The second kappa shape index (κ2) is 7.16. The van der Waals surface area contributed by atoms with Crippen LogP contribution >= 0.6 is 11.3 Å². The van der Waals surface area contributed by atoms with Gasteiger partial charge in [-0.25, -0.2) is 0 Å². The molecule has 0 spiro atoms. The number of ether oxygens (including phenoxy) is 2. The highest BCUT2D eigenvalue weighted by atomic mass is 32.1. The summed E-state index contributed by atoms with van der Waals surface area (Å²) < 4.78 is 11.5. The van der Waals surface area contributed by atoms with Crippen molar-refractivity contribution in [1.29, 1.82) is 0 Å². The van der Waals surface area contributed by atoms with Crippen molar-refractivity contribution in [2.24, 2.45) is 0 Å². The molecule has 0 unspecified atom stereocenters. The monoisotopic (exact) mass is 277 g/mol. The maximum absolute atomic E-state index is 5.83. The predicted molar refractivity (Wildman–Crippen MR) is 79.0 cm³/mol. The smallest absolute Gasteiger partial charge is 0.161 e. The summed E-state index contributed by atoms with van der Waals surface area (Å²) in [5.74, 6) is 1.61. The minimum Gasteiger partial charge on any atom is -0.490 e. The average Bonchev–Trinajstić information content (AvgIpc) is 2.92. The number of benzene rings is 1. The summed E-state index contributed by atoms with van der Waals surface area (Å²) in [5, 5.41) is 5.19. The van der Waals surface area contributed by atoms with Gasteiger partial charge in [-0.2, -0.15) is 0 Å². The lowest BCUT2D eigenvalue weighted by atomic mass is 10.2. The van der Waals surface area contributed by atoms with Crippen molar-refractivity contribution < 1.29 is 9.47 Å². The van der Waals surface area contributed by atoms with Crippen LogP contribution in [0.4, 0.5) is 0 Å². The molecular formula is C15H19NO2S. The Hall–Kier alpha value is -1.52. The molecule has 0 saturated carbocycles. The van der Waals surface area contributed by atoms with Crippen molar-refractivity contribution in [3.05, 3.63) is 46.2 Å². The molecule has 0 saturated heterocycles. The van der Waals surface area contributed by atoms with Crippen molar-refractivity contribution in [2.75, 3.05) is 13.7 Å². The van der Waals surface area contributed by atoms with Crippen LogP contribution in [0, 0.1) is 0 Å². The molecule has 1 aromatic carbocycles. The first-order valence-corrected chi connectivity index (χ1v) is 7.27. The van der Waals surface area contributed by atoms with Crippen LogP contribution in [0.3, 0.4) is 0 Å². The first kappa shape index (κ1) is 13.9. The molecule has 2 rings (SSSR count). The fraction of sp³-hybridized carbons (Fsp3) is 0.333. The molecule has 1 aromatic heterocycles. The first-order chi connectivity index (χ1) is 9.33. The fourth-order valence-corrected chi connectivity index (χ4v) is 2.41. The third kappa shape index (κ3) is 3.98. The summed E-state index contributed by atoms with van der Waals surface area (Å²) in [6.07, 6.45) is 0. The Morgan fingerprint density at radius 2 is 2.05 bits per heavy atom. The van der Waals surface area contributed by atoms with Crippen LogP contribution in [-0.4, -0.2) is 13.7 Å². The van der Waals surface area contributed by atoms with Gasteiger partial charge in [0.2, 0.25) is 0 Å². The van der Waals surface area contributed by atoms with Gasteiger partial charge in [0.1, 0.15) is 6.61 Å². The van der Waals surface area contributed by atoms with Gasteiger partial charge in [0, 0.05) is 11.4 Å². The Kier molecular flexibility index (Phi) is 5.24. The zero-order valence-corrected chi connectivity index (χ0v) is 12.1. The van der Waals surface area contributed by atoms with Crippen LogP contribution < -0.4 is 14.8 Å². The number of thiophene rings is 1. The van der Waals surface area contributed by atoms with E-state index in [2.05, 4.69) is 22.8 Å². The summed E-state index contributed by atoms with van der Waals surface area (Å²) in [6, 6.07) is 10.2. The first-order valence-electron chi connectivity index (χ1n) is 6.39. The average molecular weight is 277 g/mol. The molecule has 0 bridgehead atoms. The van der Waals surface area contributed by atoms with E-state index < -0.39 is 0 Å². The zero-order chi connectivity index (χ0) is 13.5. The van der Waals surface area contributed by atoms with Gasteiger partial charge in [0.15, 0.2) is 11.5 Å². The minimum absolute atomic E-state index is 0.586. The molecule has 19 heavy (non-hydrogen) atoms. The van der Waals surface area contributed by atoms with Crippen LogP contribution in [0.25, 0.3) is 0 Å². The van der Waals surface area contributed by atoms with Gasteiger partial charge in [-0.1, -0.05) is 12.1 Å². The maximum Gasteiger partial charge on any atom is 0.161 e. The van der Waals surface area contributed by atoms with Gasteiger partial charge in [-0.15, -0.1) is 11.3 Å². The van der Waals surface area contributed by atoms with E-state index in [1.54, 1.807) is 11.3 Å². The van der Waals surface area contributed by atoms with Gasteiger partial charge in [-0.05, 0) is 43.1 Å². The summed E-state index contributed by atoms with van der Waals surface area (Å²) >= 11 is 1.70. The summed E-state index contributed by atoms with van der Waals surface area (Å²) in [7, 11) is 1.93. The van der Waals surface area contributed by atoms with Gasteiger partial charge in [0.25, 0.3) is 0 Å². The Bertz CT molecular complexity index is 497. The lowest BCUT2D eigenvalue weighted by molar-refractivity contribution is 0.271. The van der Waals surface area contributed by atoms with Crippen LogP contribution in [-0.2, 0) is 13.2 Å². The Morgan fingerprint density at radius 1 is 1.16 bits per heavy atom. The topological polar surface area (TPSA) is 30.5 Å². The molecule has 0 atom stereocenters. The second-order valence-electron chi connectivity index (χ2n) is 4.11. The lowest BCUT2D eigenvalue weighted by Gasteiger charge is -2.13. The van der Waals surface area contributed by atoms with Gasteiger partial charge in [-0.3, -0.25) is 0 Å². The van der Waals surface area contributed by atoms with E-state index in [-0.39, 0.29) is 0 Å². The van der Waals surface area contributed by atoms with Gasteiger partial charge >= 0.3 is 0 Å². The highest BCUT2D eigenvalue weighted by molar-refractivity contribution is 7.09. The molecule has 1 N–H and O–H groups in total. The third-order valence-corrected chi connectivity index (χ3v) is 3.49. The van der Waals surface area contributed by atoms with E-state index in [0.29, 0.717) is 13.2 Å². The minimum atomic E-state index is 0.586. The zero-order valence-electron chi connectivity index (χ0n) is 11.3. The van der Waals surface area contributed by atoms with Crippen molar-refractivity contribution in [3.63, 3.8) is 0 Å². The summed E-state index contributed by atoms with van der Waals surface area (Å²) in [4.78, 5) is 1.21. The van der Waals surface area contributed by atoms with Crippen LogP contribution in [0.5, 0.6) is 11.5 Å². The highest BCUT2D eigenvalue weighted by Crippen LogP contribution is 2.29. The normalized spacial score (nSPS) is 10.4. The highest BCUT2D eigenvalue weighted by Gasteiger charge is 2.07. The third-order valence-electron chi connectivity index (χ3n) is 2.64. The molecule has 0 radical (unpaired) electrons. The second-order valence-corrected chi connectivity index (χ2v) is 5.14. The molecule has 0 aliphatic rings. The van der Waals surface area contributed by atoms with Crippen LogP contribution in [0.1, 0.15) is 17.4 Å². The number of hydrogen-bond acceptors (Lipinski definition) is 4. The van der Waals surface area contributed by atoms with Gasteiger partial charge < -0.3 is 14.8 Å². The van der Waals surface area contributed by atoms with Crippen molar-refractivity contribution in [3.8, 4) is 11.5 Å². The molecule has 102 valence electrons. The van der Waals surface area contributed by atoms with E-state index in [0.717, 1.165) is 18.0 Å². The maximum atomic E-state index is 5.83. The molecule has 3 nitrogen and oxygen atoms in total. The Morgan fingerprint density at radius 3 is 2.74 bits per heavy atom. The van der Waals surface area contributed by atoms with E-state index in [4.69, 9.17) is 9.47 Å².